The van der Waals surface area contributed by atoms with Crippen LogP contribution in [-0.4, -0.2) is 28.7 Å². The Hall–Kier alpha value is -5.13. The first-order valence-corrected chi connectivity index (χ1v) is 15.9. The van der Waals surface area contributed by atoms with Crippen molar-refractivity contribution in [1.82, 2.24) is 28.7 Å². The molecule has 0 saturated carbocycles. The van der Waals surface area contributed by atoms with Gasteiger partial charge in [-0.05, 0) is 45.9 Å². The van der Waals surface area contributed by atoms with Crippen molar-refractivity contribution in [2.45, 2.75) is 39.5 Å². The van der Waals surface area contributed by atoms with E-state index in [2.05, 4.69) is 96.7 Å². The van der Waals surface area contributed by atoms with Crippen molar-refractivity contribution in [3.63, 3.8) is 0 Å². The van der Waals surface area contributed by atoms with Gasteiger partial charge in [-0.3, -0.25) is 9.97 Å². The van der Waals surface area contributed by atoms with E-state index in [0.29, 0.717) is 23.3 Å². The molecule has 0 aliphatic carbocycles. The molecule has 0 atom stereocenters. The summed E-state index contributed by atoms with van der Waals surface area (Å²) in [5.41, 5.74) is 8.12. The Morgan fingerprint density at radius 2 is 1.10 bits per heavy atom. The molecule has 236 valence electrons. The van der Waals surface area contributed by atoms with Crippen LogP contribution in [0.2, 0.25) is 0 Å². The number of nitrogens with zero attached hydrogens (tertiary/aromatic N) is 6. The summed E-state index contributed by atoms with van der Waals surface area (Å²) in [6, 6.07) is 30.0. The standard InChI is InChI=1S/C40H30N6O.Pt/c1-23(2)27-7-5-8-28(24(3)4)36(27)35-15-14-32-30-13-11-26(22-34(30)39-43-18-20-46(39)40(32)44-35)47-25-10-12-29-31-9-6-16-41-37(31)45-19-17-42-38(45)33(29)21-25;/h5-20,23-24H,1-4H3;/q-2;+2. The summed E-state index contributed by atoms with van der Waals surface area (Å²) in [4.78, 5) is 19.3. The minimum absolute atomic E-state index is 0. The Kier molecular flexibility index (Phi) is 7.26. The van der Waals surface area contributed by atoms with Crippen LogP contribution in [0.15, 0.2) is 97.7 Å². The van der Waals surface area contributed by atoms with E-state index >= 15 is 0 Å². The third kappa shape index (κ3) is 4.60. The first-order valence-electron chi connectivity index (χ1n) is 15.9. The van der Waals surface area contributed by atoms with Crippen molar-refractivity contribution in [1.29, 1.82) is 0 Å². The van der Waals surface area contributed by atoms with Crippen LogP contribution in [0.4, 0.5) is 0 Å². The van der Waals surface area contributed by atoms with Gasteiger partial charge in [-0.15, -0.1) is 12.1 Å². The molecule has 8 heteroatoms. The number of imidazole rings is 2. The fraction of sp³-hybridized carbons (Fsp3) is 0.150. The summed E-state index contributed by atoms with van der Waals surface area (Å²) in [5.74, 6) is 1.91. The second-order valence-electron chi connectivity index (χ2n) is 12.6. The zero-order valence-corrected chi connectivity index (χ0v) is 29.1. The summed E-state index contributed by atoms with van der Waals surface area (Å²) in [6.45, 7) is 8.98. The van der Waals surface area contributed by atoms with E-state index < -0.39 is 0 Å². The van der Waals surface area contributed by atoms with E-state index in [1.54, 1.807) is 12.4 Å². The van der Waals surface area contributed by atoms with Gasteiger partial charge >= 0.3 is 21.1 Å². The van der Waals surface area contributed by atoms with Gasteiger partial charge in [0, 0.05) is 48.0 Å². The molecule has 0 bridgehead atoms. The van der Waals surface area contributed by atoms with Crippen LogP contribution in [-0.2, 0) is 21.1 Å². The van der Waals surface area contributed by atoms with Crippen LogP contribution in [0, 0.1) is 12.1 Å². The third-order valence-corrected chi connectivity index (χ3v) is 9.11. The smallest absolute Gasteiger partial charge is 0.497 e. The van der Waals surface area contributed by atoms with Gasteiger partial charge in [0.25, 0.3) is 0 Å². The average molecular weight is 806 g/mol. The molecule has 9 aromatic rings. The number of fused-ring (bicyclic) bond motifs is 12. The Balaban J connectivity index is 0.00000336. The van der Waals surface area contributed by atoms with Gasteiger partial charge in [0.15, 0.2) is 0 Å². The summed E-state index contributed by atoms with van der Waals surface area (Å²) in [7, 11) is 0. The Morgan fingerprint density at radius 1 is 0.562 bits per heavy atom. The predicted molar refractivity (Wildman–Crippen MR) is 187 cm³/mol. The summed E-state index contributed by atoms with van der Waals surface area (Å²) < 4.78 is 10.5. The monoisotopic (exact) mass is 805 g/mol. The summed E-state index contributed by atoms with van der Waals surface area (Å²) in [5, 5.41) is 5.85. The molecule has 0 amide bonds. The number of ether oxygens (including phenoxy) is 1. The first kappa shape index (κ1) is 30.2. The molecule has 0 fully saturated rings. The molecular weight excluding hydrogens is 776 g/mol. The van der Waals surface area contributed by atoms with Crippen molar-refractivity contribution in [2.75, 3.05) is 0 Å². The molecule has 9 rings (SSSR count). The van der Waals surface area contributed by atoms with E-state index in [1.165, 1.54) is 16.7 Å². The normalized spacial score (nSPS) is 12.0. The molecule has 0 unspecified atom stereocenters. The van der Waals surface area contributed by atoms with E-state index in [9.17, 15) is 0 Å². The van der Waals surface area contributed by atoms with Crippen molar-refractivity contribution < 1.29 is 25.8 Å². The van der Waals surface area contributed by atoms with Crippen LogP contribution in [0.1, 0.15) is 50.7 Å². The molecule has 0 aliphatic rings. The molecule has 0 radical (unpaired) electrons. The van der Waals surface area contributed by atoms with Gasteiger partial charge < -0.3 is 13.5 Å². The molecule has 6 aromatic heterocycles. The second-order valence-corrected chi connectivity index (χ2v) is 12.6. The van der Waals surface area contributed by atoms with Gasteiger partial charge in [0.1, 0.15) is 11.3 Å². The molecule has 0 aliphatic heterocycles. The van der Waals surface area contributed by atoms with Crippen LogP contribution in [0.3, 0.4) is 0 Å². The maximum Gasteiger partial charge on any atom is 2.00 e. The van der Waals surface area contributed by atoms with Crippen molar-refractivity contribution in [3.8, 4) is 22.8 Å². The van der Waals surface area contributed by atoms with Crippen molar-refractivity contribution >= 4 is 54.9 Å². The van der Waals surface area contributed by atoms with E-state index in [4.69, 9.17) is 14.7 Å². The maximum absolute atomic E-state index is 6.40. The first-order chi connectivity index (χ1) is 23.0. The Labute approximate surface area is 291 Å². The Morgan fingerprint density at radius 3 is 1.71 bits per heavy atom. The molecule has 6 heterocycles. The summed E-state index contributed by atoms with van der Waals surface area (Å²) in [6.07, 6.45) is 9.29. The number of rotatable bonds is 5. The SMILES string of the molecule is CC(C)c1cccc(C(C)C)c1-c1ccc2c3ccc(Oc4[c-]c5c(cc4)c4cccnc4n4ccnc54)[c-]c3c3nccn3c2n1.[Pt+2]. The van der Waals surface area contributed by atoms with Gasteiger partial charge in [0.05, 0.1) is 17.0 Å². The number of hydrogen-bond donors (Lipinski definition) is 0. The molecule has 0 N–H and O–H groups in total. The number of hydrogen-bond acceptors (Lipinski definition) is 5. The van der Waals surface area contributed by atoms with Crippen molar-refractivity contribution in [2.24, 2.45) is 0 Å². The van der Waals surface area contributed by atoms with Gasteiger partial charge in [0.2, 0.25) is 0 Å². The average Bonchev–Trinajstić information content (AvgIpc) is 3.79. The fourth-order valence-electron chi connectivity index (χ4n) is 6.93. The quantitative estimate of drug-likeness (QED) is 0.128. The zero-order chi connectivity index (χ0) is 31.8. The maximum atomic E-state index is 6.40. The van der Waals surface area contributed by atoms with E-state index in [-0.39, 0.29) is 21.1 Å². The molecule has 0 saturated heterocycles. The van der Waals surface area contributed by atoms with Crippen LogP contribution < -0.4 is 4.74 Å². The molecule has 7 nitrogen and oxygen atoms in total. The van der Waals surface area contributed by atoms with Crippen LogP contribution in [0.5, 0.6) is 11.5 Å². The number of benzene rings is 3. The largest absolute Gasteiger partial charge is 2.00 e. The minimum atomic E-state index is 0. The third-order valence-electron chi connectivity index (χ3n) is 9.11. The van der Waals surface area contributed by atoms with Gasteiger partial charge in [-0.25, -0.2) is 9.97 Å². The zero-order valence-electron chi connectivity index (χ0n) is 26.8. The van der Waals surface area contributed by atoms with Crippen LogP contribution in [0.25, 0.3) is 66.2 Å². The van der Waals surface area contributed by atoms with Gasteiger partial charge in [-0.2, -0.15) is 0 Å². The second kappa shape index (κ2) is 11.5. The molecule has 0 spiro atoms. The number of aromatic nitrogens is 6. The molecular formula is C40H30N6OPt. The number of pyridine rings is 4. The predicted octanol–water partition coefficient (Wildman–Crippen LogP) is 9.69. The summed E-state index contributed by atoms with van der Waals surface area (Å²) >= 11 is 0. The van der Waals surface area contributed by atoms with E-state index in [0.717, 1.165) is 60.6 Å². The Bertz CT molecular complexity index is 2660. The fourth-order valence-corrected chi connectivity index (χ4v) is 6.93. The minimum Gasteiger partial charge on any atom is -0.497 e. The van der Waals surface area contributed by atoms with Crippen molar-refractivity contribution in [3.05, 3.63) is 121 Å². The topological polar surface area (TPSA) is 69.6 Å². The molecule has 3 aromatic carbocycles. The van der Waals surface area contributed by atoms with Gasteiger partial charge in [-0.1, -0.05) is 104 Å². The van der Waals surface area contributed by atoms with Crippen LogP contribution >= 0.6 is 0 Å². The molecule has 48 heavy (non-hydrogen) atoms. The van der Waals surface area contributed by atoms with E-state index in [1.807, 2.05) is 47.3 Å².